The molecule has 118 valence electrons. The van der Waals surface area contributed by atoms with Crippen molar-refractivity contribution in [2.24, 2.45) is 11.3 Å². The van der Waals surface area contributed by atoms with E-state index in [1.54, 1.807) is 0 Å². The van der Waals surface area contributed by atoms with Gasteiger partial charge in [0, 0.05) is 11.6 Å². The predicted octanol–water partition coefficient (Wildman–Crippen LogP) is 2.59. The Morgan fingerprint density at radius 1 is 1.48 bits per heavy atom. The van der Waals surface area contributed by atoms with Gasteiger partial charge in [0.1, 0.15) is 5.76 Å². The van der Waals surface area contributed by atoms with Crippen LogP contribution in [0.3, 0.4) is 0 Å². The summed E-state index contributed by atoms with van der Waals surface area (Å²) in [7, 11) is 2.13. The summed E-state index contributed by atoms with van der Waals surface area (Å²) in [6.07, 6.45) is 4.97. The predicted molar refractivity (Wildman–Crippen MR) is 82.6 cm³/mol. The van der Waals surface area contributed by atoms with Gasteiger partial charge in [-0.15, -0.1) is 0 Å². The van der Waals surface area contributed by atoms with Crippen molar-refractivity contribution in [3.05, 3.63) is 23.2 Å². The molecule has 0 spiro atoms. The topological polar surface area (TPSA) is 71.5 Å². The second kappa shape index (κ2) is 6.20. The first kappa shape index (κ1) is 16.0. The Kier molecular flexibility index (Phi) is 4.74. The number of rotatable bonds is 4. The Balaban J connectivity index is 1.97. The number of nitrogen functional groups attached to an aromatic ring is 1. The summed E-state index contributed by atoms with van der Waals surface area (Å²) < 4.78 is 5.64. The highest BCUT2D eigenvalue weighted by molar-refractivity contribution is 5.92. The third kappa shape index (κ3) is 3.86. The number of nitrogens with zero attached hydrogens (tertiary/aromatic N) is 1. The summed E-state index contributed by atoms with van der Waals surface area (Å²) >= 11 is 0. The van der Waals surface area contributed by atoms with Crippen LogP contribution in [-0.2, 0) is 6.54 Å². The molecule has 0 radical (unpaired) electrons. The number of nitrogens with two attached hydrogens (primary N) is 1. The Morgan fingerprint density at radius 3 is 2.67 bits per heavy atom. The number of carbonyl (C=O) groups is 1. The zero-order valence-corrected chi connectivity index (χ0v) is 13.5. The summed E-state index contributed by atoms with van der Waals surface area (Å²) in [5.41, 5.74) is 3.42. The van der Waals surface area contributed by atoms with Gasteiger partial charge in [-0.05, 0) is 51.1 Å². The third-order valence-electron chi connectivity index (χ3n) is 4.64. The molecule has 1 saturated carbocycles. The maximum atomic E-state index is 11.6. The van der Waals surface area contributed by atoms with Crippen molar-refractivity contribution in [1.82, 2.24) is 10.3 Å². The average molecular weight is 293 g/mol. The van der Waals surface area contributed by atoms with Crippen molar-refractivity contribution in [2.45, 2.75) is 59.0 Å². The lowest BCUT2D eigenvalue weighted by Gasteiger charge is -2.38. The van der Waals surface area contributed by atoms with Crippen LogP contribution in [0.4, 0.5) is 0 Å². The zero-order valence-electron chi connectivity index (χ0n) is 13.5. The minimum Gasteiger partial charge on any atom is -0.454 e. The first-order valence-corrected chi connectivity index (χ1v) is 7.63. The van der Waals surface area contributed by atoms with E-state index in [2.05, 4.69) is 31.2 Å². The van der Waals surface area contributed by atoms with Gasteiger partial charge in [-0.1, -0.05) is 13.8 Å². The van der Waals surface area contributed by atoms with E-state index in [4.69, 9.17) is 10.3 Å². The number of hydrazine groups is 1. The molecule has 0 bridgehead atoms. The monoisotopic (exact) mass is 293 g/mol. The molecule has 1 aliphatic carbocycles. The first-order chi connectivity index (χ1) is 9.82. The smallest absolute Gasteiger partial charge is 0.301 e. The van der Waals surface area contributed by atoms with Crippen LogP contribution in [0.5, 0.6) is 0 Å². The molecule has 0 aliphatic heterocycles. The third-order valence-corrected chi connectivity index (χ3v) is 4.64. The SMILES string of the molecule is Cc1cc(CN(C)C2CCC(C)(C)CC2)oc1C(=O)NN. The van der Waals surface area contributed by atoms with Crippen LogP contribution < -0.4 is 11.3 Å². The van der Waals surface area contributed by atoms with Crippen molar-refractivity contribution in [3.63, 3.8) is 0 Å². The van der Waals surface area contributed by atoms with Gasteiger partial charge in [-0.2, -0.15) is 0 Å². The number of carbonyl (C=O) groups excluding carboxylic acids is 1. The molecule has 0 unspecified atom stereocenters. The van der Waals surface area contributed by atoms with E-state index in [-0.39, 0.29) is 5.91 Å². The minimum absolute atomic E-state index is 0.311. The average Bonchev–Trinajstić information content (AvgIpc) is 2.78. The molecule has 0 aromatic carbocycles. The van der Waals surface area contributed by atoms with E-state index in [0.717, 1.165) is 17.9 Å². The number of amides is 1. The largest absolute Gasteiger partial charge is 0.454 e. The van der Waals surface area contributed by atoms with Crippen molar-refractivity contribution < 1.29 is 9.21 Å². The molecule has 1 aromatic rings. The standard InChI is InChI=1S/C16H27N3O2/c1-11-9-13(21-14(11)15(20)18-17)10-19(4)12-5-7-16(2,3)8-6-12/h9,12H,5-8,10,17H2,1-4H3,(H,18,20). The van der Waals surface area contributed by atoms with Crippen molar-refractivity contribution in [1.29, 1.82) is 0 Å². The zero-order chi connectivity index (χ0) is 15.6. The van der Waals surface area contributed by atoms with Gasteiger partial charge in [-0.25, -0.2) is 5.84 Å². The molecule has 2 rings (SSSR count). The lowest BCUT2D eigenvalue weighted by atomic mass is 9.75. The van der Waals surface area contributed by atoms with E-state index in [1.165, 1.54) is 25.7 Å². The molecule has 3 N–H and O–H groups in total. The van der Waals surface area contributed by atoms with Gasteiger partial charge >= 0.3 is 5.91 Å². The highest BCUT2D eigenvalue weighted by atomic mass is 16.4. The van der Waals surface area contributed by atoms with Crippen LogP contribution in [0.1, 0.15) is 61.4 Å². The summed E-state index contributed by atoms with van der Waals surface area (Å²) in [6.45, 7) is 7.28. The molecule has 5 nitrogen and oxygen atoms in total. The van der Waals surface area contributed by atoms with Gasteiger partial charge in [0.2, 0.25) is 0 Å². The number of hydrogen-bond donors (Lipinski definition) is 2. The van der Waals surface area contributed by atoms with Crippen molar-refractivity contribution in [3.8, 4) is 0 Å². The quantitative estimate of drug-likeness (QED) is 0.508. The highest BCUT2D eigenvalue weighted by Crippen LogP contribution is 2.36. The number of aryl methyl sites for hydroxylation is 1. The second-order valence-corrected chi connectivity index (χ2v) is 7.01. The maximum Gasteiger partial charge on any atom is 0.301 e. The maximum absolute atomic E-state index is 11.6. The molecule has 1 heterocycles. The fourth-order valence-corrected chi connectivity index (χ4v) is 3.12. The Bertz CT molecular complexity index is 498. The minimum atomic E-state index is -0.374. The summed E-state index contributed by atoms with van der Waals surface area (Å²) in [4.78, 5) is 13.9. The van der Waals surface area contributed by atoms with E-state index in [0.29, 0.717) is 17.2 Å². The van der Waals surface area contributed by atoms with Crippen molar-refractivity contribution >= 4 is 5.91 Å². The molecule has 1 aromatic heterocycles. The van der Waals surface area contributed by atoms with Crippen LogP contribution in [0.25, 0.3) is 0 Å². The summed E-state index contributed by atoms with van der Waals surface area (Å²) in [6, 6.07) is 2.52. The van der Waals surface area contributed by atoms with Gasteiger partial charge in [0.05, 0.1) is 6.54 Å². The van der Waals surface area contributed by atoms with Gasteiger partial charge in [0.25, 0.3) is 0 Å². The Hall–Kier alpha value is -1.33. The molecular weight excluding hydrogens is 266 g/mol. The van der Waals surface area contributed by atoms with Crippen LogP contribution in [0, 0.1) is 12.3 Å². The van der Waals surface area contributed by atoms with E-state index < -0.39 is 0 Å². The fourth-order valence-electron chi connectivity index (χ4n) is 3.12. The van der Waals surface area contributed by atoms with Crippen LogP contribution in [0.2, 0.25) is 0 Å². The number of hydrogen-bond acceptors (Lipinski definition) is 4. The summed E-state index contributed by atoms with van der Waals surface area (Å²) in [5, 5.41) is 0. The van der Waals surface area contributed by atoms with E-state index >= 15 is 0 Å². The fraction of sp³-hybridized carbons (Fsp3) is 0.688. The first-order valence-electron chi connectivity index (χ1n) is 7.63. The highest BCUT2D eigenvalue weighted by Gasteiger charge is 2.29. The lowest BCUT2D eigenvalue weighted by molar-refractivity contribution is 0.0914. The van der Waals surface area contributed by atoms with Gasteiger partial charge in [0.15, 0.2) is 5.76 Å². The molecular formula is C16H27N3O2. The Labute approximate surface area is 126 Å². The summed E-state index contributed by atoms with van der Waals surface area (Å²) in [5.74, 6) is 5.91. The van der Waals surface area contributed by atoms with Crippen molar-refractivity contribution in [2.75, 3.05) is 7.05 Å². The molecule has 21 heavy (non-hydrogen) atoms. The van der Waals surface area contributed by atoms with Crippen LogP contribution in [-0.4, -0.2) is 23.9 Å². The second-order valence-electron chi connectivity index (χ2n) is 7.01. The van der Waals surface area contributed by atoms with Gasteiger partial charge < -0.3 is 4.42 Å². The van der Waals surface area contributed by atoms with Crippen LogP contribution in [0.15, 0.2) is 10.5 Å². The normalized spacial score (nSPS) is 19.0. The van der Waals surface area contributed by atoms with E-state index in [9.17, 15) is 4.79 Å². The lowest BCUT2D eigenvalue weighted by Crippen LogP contribution is -2.36. The van der Waals surface area contributed by atoms with Crippen LogP contribution >= 0.6 is 0 Å². The molecule has 5 heteroatoms. The molecule has 1 aliphatic rings. The van der Waals surface area contributed by atoms with Gasteiger partial charge in [-0.3, -0.25) is 15.1 Å². The number of furan rings is 1. The van der Waals surface area contributed by atoms with E-state index in [1.807, 2.05) is 13.0 Å². The molecule has 1 amide bonds. The molecule has 0 saturated heterocycles. The molecule has 1 fully saturated rings. The Morgan fingerprint density at radius 2 is 2.10 bits per heavy atom. The number of nitrogens with one attached hydrogen (secondary N) is 1. The molecule has 0 atom stereocenters.